The molecule has 0 unspecified atom stereocenters. The Labute approximate surface area is 146 Å². The highest BCUT2D eigenvalue weighted by molar-refractivity contribution is 6.02. The fraction of sp³-hybridized carbons (Fsp3) is 0.385. The largest absolute Gasteiger partial charge is 0.480 e. The van der Waals surface area contributed by atoms with Crippen molar-refractivity contribution in [3.63, 3.8) is 0 Å². The van der Waals surface area contributed by atoms with Crippen molar-refractivity contribution in [2.75, 3.05) is 24.7 Å². The Hall–Kier alpha value is -3.32. The molecule has 26 heavy (non-hydrogen) atoms. The molecule has 1 heterocycles. The number of hydrogen-bond donors (Lipinski definition) is 7. The van der Waals surface area contributed by atoms with Gasteiger partial charge in [0.1, 0.15) is 6.04 Å². The van der Waals surface area contributed by atoms with Crippen LogP contribution in [0.4, 0.5) is 11.6 Å². The number of nitrogen functional groups attached to an aromatic ring is 2. The number of ketones is 1. The number of anilines is 2. The second kappa shape index (κ2) is 8.68. The van der Waals surface area contributed by atoms with E-state index in [2.05, 4.69) is 15.3 Å². The summed E-state index contributed by atoms with van der Waals surface area (Å²) in [6.45, 7) is -0.377. The SMILES string of the molecule is CC(=O)[C@H](CO)NC(=O)c1nc(N)c(C(=O)N[C@@H](CO)C(=O)O)nc1N. The zero-order valence-electron chi connectivity index (χ0n) is 13.6. The van der Waals surface area contributed by atoms with Crippen molar-refractivity contribution in [1.29, 1.82) is 0 Å². The van der Waals surface area contributed by atoms with Crippen LogP contribution in [-0.4, -0.2) is 74.2 Å². The summed E-state index contributed by atoms with van der Waals surface area (Å²) >= 11 is 0. The van der Waals surface area contributed by atoms with Gasteiger partial charge in [0.15, 0.2) is 34.8 Å². The summed E-state index contributed by atoms with van der Waals surface area (Å²) in [6.07, 6.45) is 0. The lowest BCUT2D eigenvalue weighted by atomic mass is 10.2. The van der Waals surface area contributed by atoms with Crippen LogP contribution in [0.2, 0.25) is 0 Å². The topological polar surface area (TPSA) is 231 Å². The number of carbonyl (C=O) groups excluding carboxylic acids is 3. The molecule has 1 aromatic heterocycles. The third-order valence-corrected chi connectivity index (χ3v) is 3.14. The van der Waals surface area contributed by atoms with Crippen molar-refractivity contribution in [2.45, 2.75) is 19.0 Å². The van der Waals surface area contributed by atoms with E-state index in [-0.39, 0.29) is 0 Å². The molecule has 142 valence electrons. The van der Waals surface area contributed by atoms with Crippen molar-refractivity contribution < 1.29 is 34.5 Å². The zero-order valence-corrected chi connectivity index (χ0v) is 13.6. The minimum absolute atomic E-state index is 0.490. The number of Topliss-reactive ketones (excluding diaryl/α,β-unsaturated/α-hetero) is 1. The summed E-state index contributed by atoms with van der Waals surface area (Å²) in [5, 5.41) is 30.8. The number of aliphatic hydroxyl groups is 2. The van der Waals surface area contributed by atoms with Gasteiger partial charge >= 0.3 is 5.97 Å². The molecule has 0 aliphatic rings. The van der Waals surface area contributed by atoms with Gasteiger partial charge in [-0.15, -0.1) is 0 Å². The first kappa shape index (κ1) is 20.7. The van der Waals surface area contributed by atoms with Gasteiger partial charge in [-0.3, -0.25) is 14.4 Å². The fourth-order valence-corrected chi connectivity index (χ4v) is 1.71. The average Bonchev–Trinajstić information content (AvgIpc) is 2.57. The lowest BCUT2D eigenvalue weighted by Crippen LogP contribution is -2.44. The maximum atomic E-state index is 12.1. The first-order valence-electron chi connectivity index (χ1n) is 7.12. The van der Waals surface area contributed by atoms with Crippen molar-refractivity contribution in [2.24, 2.45) is 0 Å². The summed E-state index contributed by atoms with van der Waals surface area (Å²) in [7, 11) is 0. The Morgan fingerprint density at radius 3 is 1.62 bits per heavy atom. The van der Waals surface area contributed by atoms with Crippen LogP contribution in [-0.2, 0) is 9.59 Å². The van der Waals surface area contributed by atoms with E-state index in [0.717, 1.165) is 6.92 Å². The molecule has 13 nitrogen and oxygen atoms in total. The van der Waals surface area contributed by atoms with Crippen molar-refractivity contribution in [3.8, 4) is 0 Å². The number of carboxylic acid groups (broad SMARTS) is 1. The summed E-state index contributed by atoms with van der Waals surface area (Å²) in [4.78, 5) is 53.3. The van der Waals surface area contributed by atoms with Crippen molar-refractivity contribution >= 4 is 35.2 Å². The summed E-state index contributed by atoms with van der Waals surface area (Å²) in [5.74, 6) is -5.09. The monoisotopic (exact) mass is 370 g/mol. The van der Waals surface area contributed by atoms with Crippen LogP contribution in [0.25, 0.3) is 0 Å². The zero-order chi connectivity index (χ0) is 20.0. The molecule has 2 atom stereocenters. The molecule has 2 amide bonds. The van der Waals surface area contributed by atoms with Crippen LogP contribution in [0, 0.1) is 0 Å². The molecule has 13 heteroatoms. The molecule has 0 saturated carbocycles. The van der Waals surface area contributed by atoms with E-state index in [9.17, 15) is 19.2 Å². The molecule has 0 fully saturated rings. The summed E-state index contributed by atoms with van der Waals surface area (Å²) < 4.78 is 0. The molecule has 0 saturated heterocycles. The Balaban J connectivity index is 3.07. The maximum absolute atomic E-state index is 12.1. The number of hydrogen-bond acceptors (Lipinski definition) is 10. The van der Waals surface area contributed by atoms with Gasteiger partial charge in [0.05, 0.1) is 13.2 Å². The van der Waals surface area contributed by atoms with Crippen LogP contribution < -0.4 is 22.1 Å². The number of rotatable bonds is 8. The van der Waals surface area contributed by atoms with Gasteiger partial charge in [-0.2, -0.15) is 0 Å². The van der Waals surface area contributed by atoms with Gasteiger partial charge in [-0.1, -0.05) is 0 Å². The van der Waals surface area contributed by atoms with Gasteiger partial charge in [0.2, 0.25) is 0 Å². The number of carboxylic acids is 1. The van der Waals surface area contributed by atoms with E-state index in [1.807, 2.05) is 5.32 Å². The molecular weight excluding hydrogens is 352 g/mol. The van der Waals surface area contributed by atoms with Gasteiger partial charge < -0.3 is 37.4 Å². The number of nitrogens with two attached hydrogens (primary N) is 2. The summed E-state index contributed by atoms with van der Waals surface area (Å²) in [6, 6.07) is -2.79. The maximum Gasteiger partial charge on any atom is 0.328 e. The standard InChI is InChI=1S/C13H18N6O7/c1-4(22)5(2-20)16-11(23)7-9(14)19-8(10(15)18-7)12(24)17-6(3-21)13(25)26/h5-6,20-21H,2-3H2,1H3,(H2,14,19)(H2,15,18)(H,16,23)(H,17,24)(H,25,26)/t5-,6-/m0/s1. The molecule has 0 radical (unpaired) electrons. The molecule has 0 aromatic carbocycles. The molecule has 0 spiro atoms. The minimum Gasteiger partial charge on any atom is -0.480 e. The third-order valence-electron chi connectivity index (χ3n) is 3.14. The number of aliphatic carboxylic acids is 1. The van der Waals surface area contributed by atoms with Gasteiger partial charge in [-0.25, -0.2) is 14.8 Å². The van der Waals surface area contributed by atoms with Crippen LogP contribution in [0.5, 0.6) is 0 Å². The first-order chi connectivity index (χ1) is 12.1. The molecule has 9 N–H and O–H groups in total. The molecule has 1 aromatic rings. The van der Waals surface area contributed by atoms with E-state index < -0.39 is 71.9 Å². The molecule has 0 bridgehead atoms. The van der Waals surface area contributed by atoms with Crippen LogP contribution in [0.1, 0.15) is 27.9 Å². The van der Waals surface area contributed by atoms with E-state index in [1.54, 1.807) is 0 Å². The predicted molar refractivity (Wildman–Crippen MR) is 85.9 cm³/mol. The van der Waals surface area contributed by atoms with E-state index in [0.29, 0.717) is 0 Å². The summed E-state index contributed by atoms with van der Waals surface area (Å²) in [5.41, 5.74) is 10.1. The van der Waals surface area contributed by atoms with Crippen molar-refractivity contribution in [1.82, 2.24) is 20.6 Å². The Morgan fingerprint density at radius 2 is 1.31 bits per heavy atom. The van der Waals surface area contributed by atoms with Gasteiger partial charge in [0, 0.05) is 0 Å². The number of aliphatic hydroxyl groups excluding tert-OH is 2. The first-order valence-corrected chi connectivity index (χ1v) is 7.12. The third kappa shape index (κ3) is 4.84. The highest BCUT2D eigenvalue weighted by atomic mass is 16.4. The number of carbonyl (C=O) groups is 4. The Bertz CT molecular complexity index is 676. The Morgan fingerprint density at radius 1 is 0.923 bits per heavy atom. The minimum atomic E-state index is -1.60. The predicted octanol–water partition coefficient (Wildman–Crippen LogP) is -3.50. The highest BCUT2D eigenvalue weighted by Gasteiger charge is 2.26. The quantitative estimate of drug-likeness (QED) is 0.237. The normalized spacial score (nSPS) is 12.7. The number of nitrogens with one attached hydrogen (secondary N) is 2. The van der Waals surface area contributed by atoms with Gasteiger partial charge in [-0.05, 0) is 6.92 Å². The number of nitrogens with zero attached hydrogens (tertiary/aromatic N) is 2. The average molecular weight is 370 g/mol. The molecular formula is C13H18N6O7. The molecule has 0 aliphatic heterocycles. The number of aromatic nitrogens is 2. The molecule has 0 aliphatic carbocycles. The smallest absolute Gasteiger partial charge is 0.328 e. The van der Waals surface area contributed by atoms with E-state index in [1.165, 1.54) is 0 Å². The van der Waals surface area contributed by atoms with Crippen LogP contribution in [0.15, 0.2) is 0 Å². The van der Waals surface area contributed by atoms with E-state index >= 15 is 0 Å². The lowest BCUT2D eigenvalue weighted by molar-refractivity contribution is -0.140. The second-order valence-corrected chi connectivity index (χ2v) is 5.06. The molecule has 1 rings (SSSR count). The van der Waals surface area contributed by atoms with Gasteiger partial charge in [0.25, 0.3) is 11.8 Å². The van der Waals surface area contributed by atoms with Crippen molar-refractivity contribution in [3.05, 3.63) is 11.4 Å². The second-order valence-electron chi connectivity index (χ2n) is 5.06. The highest BCUT2D eigenvalue weighted by Crippen LogP contribution is 2.13. The number of amides is 2. The van der Waals surface area contributed by atoms with E-state index in [4.69, 9.17) is 26.8 Å². The fourth-order valence-electron chi connectivity index (χ4n) is 1.71. The van der Waals surface area contributed by atoms with Crippen LogP contribution in [0.3, 0.4) is 0 Å². The van der Waals surface area contributed by atoms with Crippen LogP contribution >= 0.6 is 0 Å². The Kier molecular flexibility index (Phi) is 6.92. The lowest BCUT2D eigenvalue weighted by Gasteiger charge is -2.15.